The summed E-state index contributed by atoms with van der Waals surface area (Å²) in [5, 5.41) is 4.30. The van der Waals surface area contributed by atoms with Gasteiger partial charge in [-0.25, -0.2) is 15.0 Å². The Balaban J connectivity index is 1.32. The van der Waals surface area contributed by atoms with Gasteiger partial charge in [-0.15, -0.1) is 0 Å². The van der Waals surface area contributed by atoms with Crippen LogP contribution in [0.5, 0.6) is 0 Å². The fourth-order valence-corrected chi connectivity index (χ4v) is 4.58. The maximum atomic E-state index is 11.6. The van der Waals surface area contributed by atoms with Crippen LogP contribution in [0.4, 0.5) is 16.8 Å². The number of rotatable bonds is 8. The molecule has 3 aromatic heterocycles. The van der Waals surface area contributed by atoms with Crippen molar-refractivity contribution in [3.8, 4) is 10.6 Å². The van der Waals surface area contributed by atoms with Gasteiger partial charge in [0.2, 0.25) is 5.91 Å². The zero-order chi connectivity index (χ0) is 23.2. The van der Waals surface area contributed by atoms with Crippen molar-refractivity contribution >= 4 is 34.0 Å². The van der Waals surface area contributed by atoms with Gasteiger partial charge < -0.3 is 19.9 Å². The maximum Gasteiger partial charge on any atom is 0.248 e. The number of nitrogens with one attached hydrogen (secondary N) is 1. The molecule has 4 rings (SSSR count). The normalized spacial score (nSPS) is 14.3. The number of ether oxygens (including phenoxy) is 1. The third kappa shape index (κ3) is 6.27. The van der Waals surface area contributed by atoms with E-state index in [0.29, 0.717) is 12.5 Å². The molecule has 33 heavy (non-hydrogen) atoms. The van der Waals surface area contributed by atoms with E-state index in [9.17, 15) is 4.79 Å². The topological polar surface area (TPSA) is 83.5 Å². The molecule has 0 unspecified atom stereocenters. The number of piperidine rings is 1. The number of thiazole rings is 1. The molecule has 9 heteroatoms. The predicted molar refractivity (Wildman–Crippen MR) is 132 cm³/mol. The number of pyridine rings is 2. The number of hydrogen-bond donors (Lipinski definition) is 1. The molecule has 3 aromatic rings. The minimum absolute atomic E-state index is 0.00535. The van der Waals surface area contributed by atoms with E-state index in [0.717, 1.165) is 58.8 Å². The van der Waals surface area contributed by atoms with Gasteiger partial charge in [-0.05, 0) is 55.5 Å². The molecule has 0 saturated carbocycles. The lowest BCUT2D eigenvalue weighted by Gasteiger charge is -2.31. The molecule has 1 N–H and O–H groups in total. The van der Waals surface area contributed by atoms with Gasteiger partial charge in [0.15, 0.2) is 5.13 Å². The largest absolute Gasteiger partial charge is 0.371 e. The van der Waals surface area contributed by atoms with Crippen LogP contribution < -0.4 is 10.2 Å². The third-order valence-corrected chi connectivity index (χ3v) is 6.71. The molecule has 0 atom stereocenters. The highest BCUT2D eigenvalue weighted by atomic mass is 32.1. The Morgan fingerprint density at radius 1 is 1.21 bits per heavy atom. The van der Waals surface area contributed by atoms with Crippen molar-refractivity contribution in [2.24, 2.45) is 5.92 Å². The number of anilines is 3. The lowest BCUT2D eigenvalue weighted by molar-refractivity contribution is -0.134. The zero-order valence-corrected chi connectivity index (χ0v) is 20.1. The van der Waals surface area contributed by atoms with E-state index in [2.05, 4.69) is 20.2 Å². The molecule has 0 bridgehead atoms. The summed E-state index contributed by atoms with van der Waals surface area (Å²) in [4.78, 5) is 30.3. The lowest BCUT2D eigenvalue weighted by Crippen LogP contribution is -2.35. The Morgan fingerprint density at radius 3 is 2.79 bits per heavy atom. The summed E-state index contributed by atoms with van der Waals surface area (Å²) in [6, 6.07) is 9.90. The van der Waals surface area contributed by atoms with Crippen molar-refractivity contribution < 1.29 is 9.53 Å². The van der Waals surface area contributed by atoms with Crippen LogP contribution in [0, 0.1) is 12.8 Å². The fraction of sp³-hybridized carbons (Fsp3) is 0.417. The SMILES string of the molecule is Cc1ccnc(Nc2cccc(-c3cnc(N4CCC(COCC(=O)N(C)C)CC4)s3)n2)c1. The number of amides is 1. The monoisotopic (exact) mass is 466 g/mol. The van der Waals surface area contributed by atoms with Gasteiger partial charge in [0.05, 0.1) is 17.2 Å². The molecule has 1 saturated heterocycles. The van der Waals surface area contributed by atoms with Crippen LogP contribution in [0.15, 0.2) is 42.7 Å². The van der Waals surface area contributed by atoms with Crippen molar-refractivity contribution in [2.75, 3.05) is 50.6 Å². The number of carbonyl (C=O) groups excluding carboxylic acids is 1. The summed E-state index contributed by atoms with van der Waals surface area (Å²) in [6.45, 7) is 4.71. The molecular formula is C24H30N6O2S. The average molecular weight is 467 g/mol. The number of aryl methyl sites for hydroxylation is 1. The summed E-state index contributed by atoms with van der Waals surface area (Å²) in [7, 11) is 3.49. The van der Waals surface area contributed by atoms with E-state index in [1.54, 1.807) is 36.5 Å². The average Bonchev–Trinajstić information content (AvgIpc) is 3.30. The molecule has 8 nitrogen and oxygen atoms in total. The van der Waals surface area contributed by atoms with Crippen LogP contribution in [0.25, 0.3) is 10.6 Å². The van der Waals surface area contributed by atoms with E-state index in [-0.39, 0.29) is 12.5 Å². The van der Waals surface area contributed by atoms with Crippen molar-refractivity contribution in [3.63, 3.8) is 0 Å². The van der Waals surface area contributed by atoms with Gasteiger partial charge >= 0.3 is 0 Å². The summed E-state index contributed by atoms with van der Waals surface area (Å²) in [5.41, 5.74) is 2.04. The molecule has 174 valence electrons. The highest BCUT2D eigenvalue weighted by Gasteiger charge is 2.22. The Labute approximate surface area is 198 Å². The molecule has 4 heterocycles. The van der Waals surface area contributed by atoms with Crippen molar-refractivity contribution in [1.82, 2.24) is 19.9 Å². The number of aromatic nitrogens is 3. The van der Waals surface area contributed by atoms with Crippen LogP contribution in [-0.4, -0.2) is 66.2 Å². The standard InChI is InChI=1S/C24H30N6O2S/c1-17-7-10-25-22(13-17)28-21-6-4-5-19(27-21)20-14-26-24(33-20)30-11-8-18(9-12-30)15-32-16-23(31)29(2)3/h4-7,10,13-14,18H,8-9,11-12,15-16H2,1-3H3,(H,25,27,28). The van der Waals surface area contributed by atoms with Crippen LogP contribution in [0.1, 0.15) is 18.4 Å². The van der Waals surface area contributed by atoms with E-state index in [1.165, 1.54) is 0 Å². The van der Waals surface area contributed by atoms with Gasteiger partial charge in [-0.1, -0.05) is 17.4 Å². The Kier molecular flexibility index (Phi) is 7.51. The van der Waals surface area contributed by atoms with Gasteiger partial charge in [-0.3, -0.25) is 4.79 Å². The molecule has 0 aromatic carbocycles. The molecule has 0 spiro atoms. The highest BCUT2D eigenvalue weighted by Crippen LogP contribution is 2.33. The van der Waals surface area contributed by atoms with Crippen molar-refractivity contribution in [3.05, 3.63) is 48.3 Å². The molecule has 1 amide bonds. The van der Waals surface area contributed by atoms with E-state index in [1.807, 2.05) is 43.5 Å². The van der Waals surface area contributed by atoms with E-state index in [4.69, 9.17) is 9.72 Å². The van der Waals surface area contributed by atoms with Gasteiger partial charge in [0, 0.05) is 39.6 Å². The lowest BCUT2D eigenvalue weighted by atomic mass is 9.98. The van der Waals surface area contributed by atoms with Gasteiger partial charge in [0.1, 0.15) is 18.2 Å². The molecule has 1 aliphatic heterocycles. The summed E-state index contributed by atoms with van der Waals surface area (Å²) >= 11 is 1.66. The van der Waals surface area contributed by atoms with Crippen LogP contribution >= 0.6 is 11.3 Å². The Bertz CT molecular complexity index is 1080. The highest BCUT2D eigenvalue weighted by molar-refractivity contribution is 7.18. The summed E-state index contributed by atoms with van der Waals surface area (Å²) < 4.78 is 5.62. The van der Waals surface area contributed by atoms with Crippen LogP contribution in [0.2, 0.25) is 0 Å². The number of nitrogens with zero attached hydrogens (tertiary/aromatic N) is 5. The van der Waals surface area contributed by atoms with Gasteiger partial charge in [0.25, 0.3) is 0 Å². The second-order valence-corrected chi connectivity index (χ2v) is 9.50. The predicted octanol–water partition coefficient (Wildman–Crippen LogP) is 3.97. The van der Waals surface area contributed by atoms with Gasteiger partial charge in [-0.2, -0.15) is 0 Å². The molecule has 0 radical (unpaired) electrons. The maximum absolute atomic E-state index is 11.6. The van der Waals surface area contributed by atoms with Crippen LogP contribution in [-0.2, 0) is 9.53 Å². The Hall–Kier alpha value is -3.04. The summed E-state index contributed by atoms with van der Waals surface area (Å²) in [5.74, 6) is 2.03. The number of carbonyl (C=O) groups is 1. The summed E-state index contributed by atoms with van der Waals surface area (Å²) in [6.07, 6.45) is 5.76. The second kappa shape index (κ2) is 10.7. The first kappa shape index (κ1) is 23.1. The number of hydrogen-bond acceptors (Lipinski definition) is 8. The minimum atomic E-state index is 0.00535. The molecular weight excluding hydrogens is 436 g/mol. The second-order valence-electron chi connectivity index (χ2n) is 8.49. The third-order valence-electron chi connectivity index (χ3n) is 5.63. The smallest absolute Gasteiger partial charge is 0.248 e. The van der Waals surface area contributed by atoms with Crippen molar-refractivity contribution in [2.45, 2.75) is 19.8 Å². The molecule has 1 aliphatic rings. The van der Waals surface area contributed by atoms with E-state index < -0.39 is 0 Å². The quantitative estimate of drug-likeness (QED) is 0.538. The first-order valence-corrected chi connectivity index (χ1v) is 12.0. The minimum Gasteiger partial charge on any atom is -0.371 e. The first-order valence-electron chi connectivity index (χ1n) is 11.1. The zero-order valence-electron chi connectivity index (χ0n) is 19.3. The first-order chi connectivity index (χ1) is 16.0. The van der Waals surface area contributed by atoms with E-state index >= 15 is 0 Å². The molecule has 0 aliphatic carbocycles. The molecule has 1 fully saturated rings. The fourth-order valence-electron chi connectivity index (χ4n) is 3.64. The van der Waals surface area contributed by atoms with Crippen molar-refractivity contribution in [1.29, 1.82) is 0 Å². The number of likely N-dealkylation sites (N-methyl/N-ethyl adjacent to an activating group) is 1. The van der Waals surface area contributed by atoms with Crippen LogP contribution in [0.3, 0.4) is 0 Å². The Morgan fingerprint density at radius 2 is 2.03 bits per heavy atom.